The number of nitrogens with one attached hydrogen (secondary N) is 2. The third-order valence-electron chi connectivity index (χ3n) is 3.70. The smallest absolute Gasteiger partial charge is 0.275 e. The van der Waals surface area contributed by atoms with Crippen molar-refractivity contribution < 1.29 is 14.1 Å². The van der Waals surface area contributed by atoms with E-state index in [4.69, 9.17) is 23.2 Å². The third kappa shape index (κ3) is 5.48. The molecule has 24 heavy (non-hydrogen) atoms. The predicted molar refractivity (Wildman–Crippen MR) is 94.9 cm³/mol. The zero-order chi connectivity index (χ0) is 17.7. The summed E-state index contributed by atoms with van der Waals surface area (Å²) in [6, 6.07) is 11.5. The van der Waals surface area contributed by atoms with Crippen LogP contribution in [0.3, 0.4) is 0 Å². The Balaban J connectivity index is 1.87. The van der Waals surface area contributed by atoms with E-state index in [0.29, 0.717) is 23.1 Å². The molecule has 0 fully saturated rings. The maximum atomic E-state index is 12.9. The number of rotatable bonds is 6. The van der Waals surface area contributed by atoms with Crippen LogP contribution in [-0.2, 0) is 11.3 Å². The highest BCUT2D eigenvalue weighted by atomic mass is 35.5. The molecular formula is C18H20Cl2FN2O+. The van der Waals surface area contributed by atoms with E-state index in [1.165, 1.54) is 12.1 Å². The van der Waals surface area contributed by atoms with Crippen molar-refractivity contribution in [1.29, 1.82) is 0 Å². The Bertz CT molecular complexity index is 707. The number of benzene rings is 2. The second-order valence-corrected chi connectivity index (χ2v) is 6.71. The van der Waals surface area contributed by atoms with Crippen LogP contribution in [0.4, 0.5) is 4.39 Å². The lowest BCUT2D eigenvalue weighted by atomic mass is 10.1. The summed E-state index contributed by atoms with van der Waals surface area (Å²) < 4.78 is 12.9. The molecular weight excluding hydrogens is 350 g/mol. The molecule has 0 spiro atoms. The fraction of sp³-hybridized carbons (Fsp3) is 0.278. The van der Waals surface area contributed by atoms with Crippen LogP contribution in [-0.4, -0.2) is 19.5 Å². The average molecular weight is 370 g/mol. The highest BCUT2D eigenvalue weighted by Crippen LogP contribution is 2.25. The van der Waals surface area contributed by atoms with Crippen molar-refractivity contribution in [2.45, 2.75) is 19.5 Å². The van der Waals surface area contributed by atoms with Gasteiger partial charge in [0.15, 0.2) is 6.54 Å². The van der Waals surface area contributed by atoms with Crippen LogP contribution in [0.5, 0.6) is 0 Å². The number of likely N-dealkylation sites (N-methyl/N-ethyl adjacent to an activating group) is 1. The summed E-state index contributed by atoms with van der Waals surface area (Å²) in [7, 11) is 1.92. The minimum absolute atomic E-state index is 0.0619. The van der Waals surface area contributed by atoms with Gasteiger partial charge in [-0.15, -0.1) is 0 Å². The first-order valence-electron chi connectivity index (χ1n) is 7.65. The number of hydrogen-bond acceptors (Lipinski definition) is 1. The average Bonchev–Trinajstić information content (AvgIpc) is 2.52. The van der Waals surface area contributed by atoms with Crippen LogP contribution in [0.2, 0.25) is 10.0 Å². The Kier molecular flexibility index (Phi) is 6.60. The fourth-order valence-corrected chi connectivity index (χ4v) is 2.75. The van der Waals surface area contributed by atoms with Gasteiger partial charge in [0.25, 0.3) is 5.91 Å². The van der Waals surface area contributed by atoms with Crippen molar-refractivity contribution >= 4 is 29.1 Å². The van der Waals surface area contributed by atoms with E-state index in [9.17, 15) is 9.18 Å². The summed E-state index contributed by atoms with van der Waals surface area (Å²) in [5.74, 6) is -0.321. The largest absolute Gasteiger partial charge is 0.345 e. The van der Waals surface area contributed by atoms with E-state index in [-0.39, 0.29) is 17.8 Å². The van der Waals surface area contributed by atoms with Crippen molar-refractivity contribution in [2.24, 2.45) is 0 Å². The molecule has 128 valence electrons. The Morgan fingerprint density at radius 1 is 1.17 bits per heavy atom. The van der Waals surface area contributed by atoms with Gasteiger partial charge in [-0.1, -0.05) is 41.4 Å². The van der Waals surface area contributed by atoms with E-state index in [1.54, 1.807) is 24.3 Å². The molecule has 0 aliphatic rings. The summed E-state index contributed by atoms with van der Waals surface area (Å²) >= 11 is 11.9. The lowest BCUT2D eigenvalue weighted by Crippen LogP contribution is -3.08. The molecule has 2 N–H and O–H groups in total. The van der Waals surface area contributed by atoms with Crippen molar-refractivity contribution in [2.75, 3.05) is 13.6 Å². The van der Waals surface area contributed by atoms with Gasteiger partial charge < -0.3 is 10.2 Å². The molecule has 2 rings (SSSR count). The van der Waals surface area contributed by atoms with E-state index in [1.807, 2.05) is 20.0 Å². The molecule has 2 aromatic rings. The van der Waals surface area contributed by atoms with Crippen molar-refractivity contribution in [1.82, 2.24) is 5.32 Å². The topological polar surface area (TPSA) is 33.5 Å². The van der Waals surface area contributed by atoms with Gasteiger partial charge in [-0.2, -0.15) is 0 Å². The van der Waals surface area contributed by atoms with Gasteiger partial charge in [-0.25, -0.2) is 4.39 Å². The van der Waals surface area contributed by atoms with Gasteiger partial charge in [0.1, 0.15) is 12.4 Å². The molecule has 0 aromatic heterocycles. The third-order valence-corrected chi connectivity index (χ3v) is 4.44. The van der Waals surface area contributed by atoms with Gasteiger partial charge in [0.05, 0.1) is 23.1 Å². The molecule has 1 unspecified atom stereocenters. The highest BCUT2D eigenvalue weighted by molar-refractivity contribution is 6.42. The molecule has 0 radical (unpaired) electrons. The Morgan fingerprint density at radius 3 is 2.46 bits per heavy atom. The van der Waals surface area contributed by atoms with Gasteiger partial charge >= 0.3 is 0 Å². The molecule has 0 heterocycles. The van der Waals surface area contributed by atoms with Gasteiger partial charge in [0, 0.05) is 5.56 Å². The number of amides is 1. The first-order chi connectivity index (χ1) is 11.3. The number of quaternary nitrogens is 1. The molecule has 1 amide bonds. The first-order valence-corrected chi connectivity index (χ1v) is 8.41. The normalized spacial score (nSPS) is 13.4. The minimum atomic E-state index is -0.260. The summed E-state index contributed by atoms with van der Waals surface area (Å²) in [6.45, 7) is 2.87. The van der Waals surface area contributed by atoms with E-state index < -0.39 is 0 Å². The van der Waals surface area contributed by atoms with Crippen LogP contribution in [0.15, 0.2) is 42.5 Å². The van der Waals surface area contributed by atoms with Crippen LogP contribution in [0, 0.1) is 5.82 Å². The van der Waals surface area contributed by atoms with Crippen LogP contribution < -0.4 is 10.2 Å². The summed E-state index contributed by atoms with van der Waals surface area (Å²) in [4.78, 5) is 13.2. The van der Waals surface area contributed by atoms with E-state index >= 15 is 0 Å². The summed E-state index contributed by atoms with van der Waals surface area (Å²) in [5, 5.41) is 3.90. The highest BCUT2D eigenvalue weighted by Gasteiger charge is 2.15. The van der Waals surface area contributed by atoms with Crippen molar-refractivity contribution in [3.05, 3.63) is 69.5 Å². The zero-order valence-corrected chi connectivity index (χ0v) is 15.1. The molecule has 0 bridgehead atoms. The Labute approximate surface area is 151 Å². The van der Waals surface area contributed by atoms with Crippen molar-refractivity contribution in [3.8, 4) is 0 Å². The summed E-state index contributed by atoms with van der Waals surface area (Å²) in [5.41, 5.74) is 1.88. The molecule has 0 aliphatic carbocycles. The molecule has 2 aromatic carbocycles. The molecule has 0 saturated carbocycles. The van der Waals surface area contributed by atoms with E-state index in [0.717, 1.165) is 16.0 Å². The molecule has 0 aliphatic heterocycles. The Morgan fingerprint density at radius 2 is 1.83 bits per heavy atom. The van der Waals surface area contributed by atoms with Crippen molar-refractivity contribution in [3.63, 3.8) is 0 Å². The zero-order valence-electron chi connectivity index (χ0n) is 13.6. The number of halogens is 3. The number of carbonyl (C=O) groups is 1. The van der Waals surface area contributed by atoms with Crippen LogP contribution in [0.25, 0.3) is 0 Å². The quantitative estimate of drug-likeness (QED) is 0.805. The standard InChI is InChI=1S/C18H19Cl2FN2O/c1-12(14-5-8-16(19)17(20)9-14)22-18(24)11-23(2)10-13-3-6-15(21)7-4-13/h3-9,12H,10-11H2,1-2H3,(H,22,24)/p+1/t12-/m1/s1. The number of hydrogen-bond donors (Lipinski definition) is 2. The van der Waals surface area contributed by atoms with Gasteiger partial charge in [0.2, 0.25) is 0 Å². The first kappa shape index (κ1) is 18.7. The molecule has 0 saturated heterocycles. The van der Waals surface area contributed by atoms with E-state index in [2.05, 4.69) is 5.32 Å². The number of carbonyl (C=O) groups excluding carboxylic acids is 1. The lowest BCUT2D eigenvalue weighted by molar-refractivity contribution is -0.885. The van der Waals surface area contributed by atoms with Crippen LogP contribution in [0.1, 0.15) is 24.1 Å². The van der Waals surface area contributed by atoms with Crippen LogP contribution >= 0.6 is 23.2 Å². The molecule has 3 nitrogen and oxygen atoms in total. The lowest BCUT2D eigenvalue weighted by Gasteiger charge is -2.18. The molecule has 2 atom stereocenters. The second-order valence-electron chi connectivity index (χ2n) is 5.90. The maximum absolute atomic E-state index is 12.9. The summed E-state index contributed by atoms with van der Waals surface area (Å²) in [6.07, 6.45) is 0. The maximum Gasteiger partial charge on any atom is 0.275 e. The monoisotopic (exact) mass is 369 g/mol. The predicted octanol–water partition coefficient (Wildman–Crippen LogP) is 3.02. The van der Waals surface area contributed by atoms with Gasteiger partial charge in [-0.3, -0.25) is 4.79 Å². The molecule has 6 heteroatoms. The minimum Gasteiger partial charge on any atom is -0.345 e. The second kappa shape index (κ2) is 8.47. The van der Waals surface area contributed by atoms with Gasteiger partial charge in [-0.05, 0) is 36.8 Å². The fourth-order valence-electron chi connectivity index (χ4n) is 2.44. The SMILES string of the molecule is C[C@@H](NC(=O)C[NH+](C)Cc1ccc(F)cc1)c1ccc(Cl)c(Cl)c1. The Hall–Kier alpha value is -1.62.